The lowest BCUT2D eigenvalue weighted by molar-refractivity contribution is 0.306. The predicted molar refractivity (Wildman–Crippen MR) is 106 cm³/mol. The van der Waals surface area contributed by atoms with Crippen molar-refractivity contribution in [3.05, 3.63) is 84.2 Å². The summed E-state index contributed by atoms with van der Waals surface area (Å²) in [5.74, 6) is 0.0707. The number of nitrogens with two attached hydrogens (primary N) is 1. The maximum Gasteiger partial charge on any atom is 0.261 e. The van der Waals surface area contributed by atoms with Gasteiger partial charge >= 0.3 is 0 Å². The van der Waals surface area contributed by atoms with Gasteiger partial charge in [0.15, 0.2) is 0 Å². The first-order valence-corrected chi connectivity index (χ1v) is 11.3. The van der Waals surface area contributed by atoms with E-state index in [1.807, 2.05) is 0 Å². The molecular weight excluding hydrogens is 419 g/mol. The van der Waals surface area contributed by atoms with Crippen molar-refractivity contribution >= 4 is 25.7 Å². The van der Waals surface area contributed by atoms with Crippen LogP contribution in [-0.2, 0) is 26.7 Å². The van der Waals surface area contributed by atoms with Crippen LogP contribution in [0.15, 0.2) is 82.6 Å². The van der Waals surface area contributed by atoms with Crippen LogP contribution in [0.2, 0.25) is 0 Å². The van der Waals surface area contributed by atoms with E-state index in [4.69, 9.17) is 9.88 Å². The third kappa shape index (κ3) is 5.53. The average molecular weight is 436 g/mol. The summed E-state index contributed by atoms with van der Waals surface area (Å²) in [6.07, 6.45) is 0. The Balaban J connectivity index is 1.72. The molecule has 0 unspecified atom stereocenters. The van der Waals surface area contributed by atoms with Crippen molar-refractivity contribution in [2.75, 3.05) is 4.72 Å². The second-order valence-electron chi connectivity index (χ2n) is 6.06. The molecule has 7 nitrogen and oxygen atoms in total. The molecule has 3 aromatic carbocycles. The predicted octanol–water partition coefficient (Wildman–Crippen LogP) is 2.85. The number of primary sulfonamides is 1. The molecule has 0 heterocycles. The summed E-state index contributed by atoms with van der Waals surface area (Å²) < 4.78 is 68.5. The Hall–Kier alpha value is -2.95. The summed E-state index contributed by atoms with van der Waals surface area (Å²) in [6.45, 7) is 0.186. The third-order valence-electron chi connectivity index (χ3n) is 3.87. The van der Waals surface area contributed by atoms with Crippen molar-refractivity contribution in [1.82, 2.24) is 0 Å². The van der Waals surface area contributed by atoms with Gasteiger partial charge in [-0.15, -0.1) is 0 Å². The molecule has 0 bridgehead atoms. The Kier molecular flexibility index (Phi) is 5.87. The number of anilines is 1. The third-order valence-corrected chi connectivity index (χ3v) is 6.19. The van der Waals surface area contributed by atoms with E-state index >= 15 is 0 Å². The van der Waals surface area contributed by atoms with Crippen LogP contribution in [0, 0.1) is 5.82 Å². The first kappa shape index (κ1) is 20.8. The van der Waals surface area contributed by atoms with Gasteiger partial charge in [-0.2, -0.15) is 0 Å². The summed E-state index contributed by atoms with van der Waals surface area (Å²) in [6, 6.07) is 16.7. The molecule has 10 heteroatoms. The summed E-state index contributed by atoms with van der Waals surface area (Å²) in [5.41, 5.74) is 1.02. The van der Waals surface area contributed by atoms with Crippen molar-refractivity contribution in [3.8, 4) is 5.75 Å². The van der Waals surface area contributed by atoms with Gasteiger partial charge in [-0.25, -0.2) is 26.4 Å². The fourth-order valence-corrected chi connectivity index (χ4v) is 3.98. The van der Waals surface area contributed by atoms with Crippen molar-refractivity contribution in [2.45, 2.75) is 16.4 Å². The van der Waals surface area contributed by atoms with Crippen molar-refractivity contribution in [1.29, 1.82) is 0 Å². The number of hydrogen-bond acceptors (Lipinski definition) is 5. The molecule has 0 aliphatic rings. The second-order valence-corrected chi connectivity index (χ2v) is 9.31. The van der Waals surface area contributed by atoms with Crippen molar-refractivity contribution < 1.29 is 26.0 Å². The first-order chi connectivity index (χ1) is 13.6. The van der Waals surface area contributed by atoms with Gasteiger partial charge < -0.3 is 4.74 Å². The van der Waals surface area contributed by atoms with Gasteiger partial charge in [0.2, 0.25) is 10.0 Å². The maximum atomic E-state index is 12.9. The summed E-state index contributed by atoms with van der Waals surface area (Å²) in [4.78, 5) is -0.310. The number of rotatable bonds is 7. The average Bonchev–Trinajstić information content (AvgIpc) is 2.67. The normalized spacial score (nSPS) is 11.8. The molecule has 29 heavy (non-hydrogen) atoms. The molecule has 0 saturated carbocycles. The Morgan fingerprint density at radius 3 is 2.10 bits per heavy atom. The Morgan fingerprint density at radius 1 is 0.862 bits per heavy atom. The number of sulfonamides is 2. The number of hydrogen-bond donors (Lipinski definition) is 2. The van der Waals surface area contributed by atoms with Gasteiger partial charge in [0, 0.05) is 6.07 Å². The fourth-order valence-electron chi connectivity index (χ4n) is 2.42. The van der Waals surface area contributed by atoms with Crippen LogP contribution in [0.4, 0.5) is 10.1 Å². The molecule has 0 aliphatic carbocycles. The van der Waals surface area contributed by atoms with E-state index in [-0.39, 0.29) is 27.9 Å². The summed E-state index contributed by atoms with van der Waals surface area (Å²) >= 11 is 0. The zero-order valence-electron chi connectivity index (χ0n) is 14.9. The lowest BCUT2D eigenvalue weighted by Gasteiger charge is -2.11. The molecule has 3 rings (SSSR count). The molecule has 0 aromatic heterocycles. The minimum atomic E-state index is -3.95. The lowest BCUT2D eigenvalue weighted by Crippen LogP contribution is -2.15. The van der Waals surface area contributed by atoms with Crippen LogP contribution >= 0.6 is 0 Å². The van der Waals surface area contributed by atoms with Crippen LogP contribution in [0.3, 0.4) is 0 Å². The van der Waals surface area contributed by atoms with Crippen LogP contribution < -0.4 is 14.6 Å². The minimum absolute atomic E-state index is 0.123. The van der Waals surface area contributed by atoms with E-state index in [0.29, 0.717) is 5.75 Å². The molecule has 0 fully saturated rings. The fraction of sp³-hybridized carbons (Fsp3) is 0.0526. The maximum absolute atomic E-state index is 12.9. The monoisotopic (exact) mass is 436 g/mol. The Morgan fingerprint density at radius 2 is 1.48 bits per heavy atom. The van der Waals surface area contributed by atoms with Crippen LogP contribution in [0.5, 0.6) is 5.75 Å². The molecule has 0 saturated heterocycles. The molecule has 0 radical (unpaired) electrons. The van der Waals surface area contributed by atoms with Crippen molar-refractivity contribution in [2.24, 2.45) is 5.14 Å². The first-order valence-electron chi connectivity index (χ1n) is 8.26. The highest BCUT2D eigenvalue weighted by molar-refractivity contribution is 7.92. The molecule has 3 N–H and O–H groups in total. The Labute approximate surface area is 168 Å². The quantitative estimate of drug-likeness (QED) is 0.591. The minimum Gasteiger partial charge on any atom is -0.489 e. The largest absolute Gasteiger partial charge is 0.489 e. The van der Waals surface area contributed by atoms with Gasteiger partial charge in [-0.3, -0.25) is 4.72 Å². The van der Waals surface area contributed by atoms with Crippen LogP contribution in [0.25, 0.3) is 0 Å². The highest BCUT2D eigenvalue weighted by Gasteiger charge is 2.16. The molecule has 0 atom stereocenters. The van der Waals surface area contributed by atoms with E-state index in [1.54, 1.807) is 30.3 Å². The standard InChI is InChI=1S/C19H17FN2O5S2/c20-15-6-4-14(5-7-15)13-27-17-3-1-2-16(12-17)22-29(25,26)19-10-8-18(9-11-19)28(21,23)24/h1-12,22H,13H2,(H2,21,23,24). The van der Waals surface area contributed by atoms with Gasteiger partial charge in [0.05, 0.1) is 15.5 Å². The second kappa shape index (κ2) is 8.19. The van der Waals surface area contributed by atoms with E-state index in [9.17, 15) is 21.2 Å². The van der Waals surface area contributed by atoms with Crippen LogP contribution in [0.1, 0.15) is 5.56 Å². The van der Waals surface area contributed by atoms with Crippen molar-refractivity contribution in [3.63, 3.8) is 0 Å². The Bertz CT molecular complexity index is 1210. The highest BCUT2D eigenvalue weighted by atomic mass is 32.2. The topological polar surface area (TPSA) is 116 Å². The SMILES string of the molecule is NS(=O)(=O)c1ccc(S(=O)(=O)Nc2cccc(OCc3ccc(F)cc3)c2)cc1. The molecule has 3 aromatic rings. The van der Waals surface area contributed by atoms with E-state index in [2.05, 4.69) is 4.72 Å². The number of ether oxygens (including phenoxy) is 1. The molecule has 0 amide bonds. The van der Waals surface area contributed by atoms with E-state index < -0.39 is 20.0 Å². The van der Waals surface area contributed by atoms with Gasteiger partial charge in [-0.05, 0) is 54.1 Å². The zero-order valence-corrected chi connectivity index (χ0v) is 16.6. The summed E-state index contributed by atoms with van der Waals surface area (Å²) in [7, 11) is -7.86. The van der Waals surface area contributed by atoms with Crippen LogP contribution in [-0.4, -0.2) is 16.8 Å². The lowest BCUT2D eigenvalue weighted by atomic mass is 10.2. The number of nitrogens with one attached hydrogen (secondary N) is 1. The zero-order chi connectivity index (χ0) is 21.1. The number of benzene rings is 3. The van der Waals surface area contributed by atoms with Gasteiger partial charge in [0.1, 0.15) is 18.2 Å². The highest BCUT2D eigenvalue weighted by Crippen LogP contribution is 2.22. The molecule has 0 spiro atoms. The van der Waals surface area contributed by atoms with E-state index in [0.717, 1.165) is 29.8 Å². The molecular formula is C19H17FN2O5S2. The number of halogens is 1. The van der Waals surface area contributed by atoms with Gasteiger partial charge in [-0.1, -0.05) is 18.2 Å². The van der Waals surface area contributed by atoms with E-state index in [1.165, 1.54) is 18.2 Å². The van der Waals surface area contributed by atoms with Gasteiger partial charge in [0.25, 0.3) is 10.0 Å². The molecule has 152 valence electrons. The summed E-state index contributed by atoms with van der Waals surface area (Å²) in [5, 5.41) is 5.01. The smallest absolute Gasteiger partial charge is 0.261 e. The molecule has 0 aliphatic heterocycles.